The number of aryl methyl sites for hydroxylation is 1. The van der Waals surface area contributed by atoms with E-state index in [1.165, 1.54) is 13.2 Å². The minimum atomic E-state index is -1.01. The Balaban J connectivity index is 2.47. The summed E-state index contributed by atoms with van der Waals surface area (Å²) in [6.07, 6.45) is -1.01. The molecule has 0 aromatic heterocycles. The highest BCUT2D eigenvalue weighted by atomic mass is 79.9. The number of halogens is 2. The Hall–Kier alpha value is -1.39. The second-order valence-electron chi connectivity index (χ2n) is 4.27. The molecule has 1 N–H and O–H groups in total. The molecule has 0 aliphatic carbocycles. The molecular formula is C15H14BrFO2. The zero-order chi connectivity index (χ0) is 14.0. The molecule has 19 heavy (non-hydrogen) atoms. The summed E-state index contributed by atoms with van der Waals surface area (Å²) in [5.41, 5.74) is 1.78. The van der Waals surface area contributed by atoms with E-state index in [4.69, 9.17) is 4.74 Å². The van der Waals surface area contributed by atoms with Gasteiger partial charge in [-0.25, -0.2) is 4.39 Å². The van der Waals surface area contributed by atoms with Crippen molar-refractivity contribution >= 4 is 15.9 Å². The van der Waals surface area contributed by atoms with Crippen molar-refractivity contribution in [3.8, 4) is 5.75 Å². The number of methoxy groups -OCH3 is 1. The maximum atomic E-state index is 14.1. The Kier molecular flexibility index (Phi) is 4.22. The summed E-state index contributed by atoms with van der Waals surface area (Å²) in [5.74, 6) is -0.397. The van der Waals surface area contributed by atoms with Crippen LogP contribution in [0.15, 0.2) is 40.9 Å². The van der Waals surface area contributed by atoms with Crippen LogP contribution in [-0.4, -0.2) is 12.2 Å². The average Bonchev–Trinajstić information content (AvgIpc) is 2.38. The van der Waals surface area contributed by atoms with Crippen LogP contribution in [0, 0.1) is 12.7 Å². The van der Waals surface area contributed by atoms with Crippen LogP contribution in [0.3, 0.4) is 0 Å². The molecule has 4 heteroatoms. The Labute approximate surface area is 120 Å². The van der Waals surface area contributed by atoms with Crippen LogP contribution < -0.4 is 4.74 Å². The number of aliphatic hydroxyl groups is 1. The van der Waals surface area contributed by atoms with Crippen LogP contribution >= 0.6 is 15.9 Å². The lowest BCUT2D eigenvalue weighted by molar-refractivity contribution is 0.212. The first-order valence-electron chi connectivity index (χ1n) is 5.81. The van der Waals surface area contributed by atoms with Crippen molar-refractivity contribution in [3.63, 3.8) is 0 Å². The van der Waals surface area contributed by atoms with Gasteiger partial charge in [0.15, 0.2) is 11.6 Å². The summed E-state index contributed by atoms with van der Waals surface area (Å²) in [5, 5.41) is 10.4. The highest BCUT2D eigenvalue weighted by Gasteiger charge is 2.19. The number of aliphatic hydroxyl groups excluding tert-OH is 1. The molecule has 0 fully saturated rings. The normalized spacial score (nSPS) is 12.3. The van der Waals surface area contributed by atoms with Gasteiger partial charge in [0.1, 0.15) is 6.10 Å². The molecule has 0 amide bonds. The fourth-order valence-corrected chi connectivity index (χ4v) is 2.49. The minimum absolute atomic E-state index is 0.131. The van der Waals surface area contributed by atoms with Gasteiger partial charge in [-0.05, 0) is 36.2 Å². The smallest absolute Gasteiger partial charge is 0.171 e. The summed E-state index contributed by atoms with van der Waals surface area (Å²) < 4.78 is 20.0. The monoisotopic (exact) mass is 324 g/mol. The second-order valence-corrected chi connectivity index (χ2v) is 5.18. The Morgan fingerprint density at radius 3 is 2.58 bits per heavy atom. The summed E-state index contributed by atoms with van der Waals surface area (Å²) >= 11 is 3.36. The number of hydrogen-bond acceptors (Lipinski definition) is 2. The summed E-state index contributed by atoms with van der Waals surface area (Å²) in [6, 6.07) is 10.2. The molecule has 0 radical (unpaired) electrons. The van der Waals surface area contributed by atoms with Crippen LogP contribution in [0.5, 0.6) is 5.75 Å². The molecule has 2 rings (SSSR count). The molecule has 0 aliphatic heterocycles. The van der Waals surface area contributed by atoms with Crippen molar-refractivity contribution in [1.82, 2.24) is 0 Å². The molecule has 100 valence electrons. The highest BCUT2D eigenvalue weighted by Crippen LogP contribution is 2.31. The molecule has 0 saturated carbocycles. The minimum Gasteiger partial charge on any atom is -0.494 e. The van der Waals surface area contributed by atoms with Crippen molar-refractivity contribution in [2.45, 2.75) is 13.0 Å². The number of rotatable bonds is 3. The van der Waals surface area contributed by atoms with Crippen LogP contribution in [0.4, 0.5) is 4.39 Å². The van der Waals surface area contributed by atoms with Gasteiger partial charge in [0.05, 0.1) is 7.11 Å². The third-order valence-electron chi connectivity index (χ3n) is 3.03. The topological polar surface area (TPSA) is 29.5 Å². The van der Waals surface area contributed by atoms with Gasteiger partial charge in [0.25, 0.3) is 0 Å². The van der Waals surface area contributed by atoms with Gasteiger partial charge in [0, 0.05) is 10.0 Å². The molecule has 0 spiro atoms. The molecule has 2 nitrogen and oxygen atoms in total. The molecule has 0 saturated heterocycles. The Morgan fingerprint density at radius 1 is 1.21 bits per heavy atom. The predicted molar refractivity (Wildman–Crippen MR) is 75.9 cm³/mol. The summed E-state index contributed by atoms with van der Waals surface area (Å²) in [4.78, 5) is 0. The molecule has 0 bridgehead atoms. The van der Waals surface area contributed by atoms with Gasteiger partial charge in [0.2, 0.25) is 0 Å². The largest absolute Gasteiger partial charge is 0.494 e. The van der Waals surface area contributed by atoms with Gasteiger partial charge in [-0.3, -0.25) is 0 Å². The molecule has 2 aromatic carbocycles. The zero-order valence-electron chi connectivity index (χ0n) is 10.7. The third-order valence-corrected chi connectivity index (χ3v) is 3.53. The third kappa shape index (κ3) is 2.80. The van der Waals surface area contributed by atoms with Crippen molar-refractivity contribution in [1.29, 1.82) is 0 Å². The standard InChI is InChI=1S/C15H14BrFO2/c1-9-8-10(16)6-7-11(9)15(18)12-4-3-5-13(19-2)14(12)17/h3-8,15,18H,1-2H3. The first-order valence-corrected chi connectivity index (χ1v) is 6.60. The van der Waals surface area contributed by atoms with Gasteiger partial charge >= 0.3 is 0 Å². The summed E-state index contributed by atoms with van der Waals surface area (Å²) in [7, 11) is 1.40. The quantitative estimate of drug-likeness (QED) is 0.925. The average molecular weight is 325 g/mol. The van der Waals surface area contributed by atoms with Crippen LogP contribution in [0.1, 0.15) is 22.8 Å². The first-order chi connectivity index (χ1) is 9.04. The van der Waals surface area contributed by atoms with Crippen molar-refractivity contribution in [2.75, 3.05) is 7.11 Å². The maximum Gasteiger partial charge on any atom is 0.171 e. The lowest BCUT2D eigenvalue weighted by Gasteiger charge is -2.16. The van der Waals surface area contributed by atoms with Crippen molar-refractivity contribution < 1.29 is 14.2 Å². The molecular weight excluding hydrogens is 311 g/mol. The number of hydrogen-bond donors (Lipinski definition) is 1. The van der Waals surface area contributed by atoms with E-state index in [1.54, 1.807) is 18.2 Å². The van der Waals surface area contributed by atoms with Gasteiger partial charge in [-0.15, -0.1) is 0 Å². The van der Waals surface area contributed by atoms with Gasteiger partial charge < -0.3 is 9.84 Å². The van der Waals surface area contributed by atoms with Gasteiger partial charge in [-0.2, -0.15) is 0 Å². The molecule has 1 atom stereocenters. The van der Waals surface area contributed by atoms with Gasteiger partial charge in [-0.1, -0.05) is 34.1 Å². The second kappa shape index (κ2) is 5.72. The van der Waals surface area contributed by atoms with E-state index < -0.39 is 11.9 Å². The number of benzene rings is 2. The highest BCUT2D eigenvalue weighted by molar-refractivity contribution is 9.10. The molecule has 1 unspecified atom stereocenters. The van der Waals surface area contributed by atoms with E-state index in [2.05, 4.69) is 15.9 Å². The van der Waals surface area contributed by atoms with Crippen LogP contribution in [0.2, 0.25) is 0 Å². The van der Waals surface area contributed by atoms with Crippen LogP contribution in [-0.2, 0) is 0 Å². The lowest BCUT2D eigenvalue weighted by atomic mass is 9.97. The van der Waals surface area contributed by atoms with E-state index in [9.17, 15) is 9.50 Å². The Bertz CT molecular complexity index is 599. The van der Waals surface area contributed by atoms with E-state index in [1.807, 2.05) is 19.1 Å². The SMILES string of the molecule is COc1cccc(C(O)c2ccc(Br)cc2C)c1F. The fraction of sp³-hybridized carbons (Fsp3) is 0.200. The molecule has 0 heterocycles. The maximum absolute atomic E-state index is 14.1. The van der Waals surface area contributed by atoms with E-state index in [0.717, 1.165) is 10.0 Å². The first kappa shape index (κ1) is 14.0. The number of ether oxygens (including phenoxy) is 1. The van der Waals surface area contributed by atoms with E-state index in [-0.39, 0.29) is 11.3 Å². The van der Waals surface area contributed by atoms with Crippen molar-refractivity contribution in [2.24, 2.45) is 0 Å². The fourth-order valence-electron chi connectivity index (χ4n) is 2.01. The lowest BCUT2D eigenvalue weighted by Crippen LogP contribution is -2.05. The van der Waals surface area contributed by atoms with E-state index >= 15 is 0 Å². The Morgan fingerprint density at radius 2 is 1.95 bits per heavy atom. The van der Waals surface area contributed by atoms with Crippen molar-refractivity contribution in [3.05, 3.63) is 63.4 Å². The summed E-state index contributed by atoms with van der Waals surface area (Å²) in [6.45, 7) is 1.88. The molecule has 2 aromatic rings. The zero-order valence-corrected chi connectivity index (χ0v) is 12.2. The van der Waals surface area contributed by atoms with Crippen LogP contribution in [0.25, 0.3) is 0 Å². The molecule has 0 aliphatic rings. The van der Waals surface area contributed by atoms with E-state index in [0.29, 0.717) is 5.56 Å². The predicted octanol–water partition coefficient (Wildman–Crippen LogP) is 3.99.